The molecule has 0 bridgehead atoms. The summed E-state index contributed by atoms with van der Waals surface area (Å²) in [6, 6.07) is 3.63. The summed E-state index contributed by atoms with van der Waals surface area (Å²) in [5.41, 5.74) is 0.733. The second-order valence-electron chi connectivity index (χ2n) is 3.30. The summed E-state index contributed by atoms with van der Waals surface area (Å²) in [6.07, 6.45) is 4.28. The van der Waals surface area contributed by atoms with Gasteiger partial charge in [0.05, 0.1) is 0 Å². The van der Waals surface area contributed by atoms with Crippen molar-refractivity contribution < 1.29 is 4.79 Å². The van der Waals surface area contributed by atoms with Crippen LogP contribution >= 0.6 is 0 Å². The first-order chi connectivity index (χ1) is 6.38. The Balaban J connectivity index is 2.13. The van der Waals surface area contributed by atoms with Crippen LogP contribution in [0.25, 0.3) is 0 Å². The minimum absolute atomic E-state index is 0.157. The predicted octanol–water partition coefficient (Wildman–Crippen LogP) is 0.874. The topological polar surface area (TPSA) is 42.0 Å². The van der Waals surface area contributed by atoms with Crippen molar-refractivity contribution in [2.75, 3.05) is 13.1 Å². The highest BCUT2D eigenvalue weighted by molar-refractivity contribution is 5.97. The molecule has 1 fully saturated rings. The third kappa shape index (κ3) is 1.75. The summed E-state index contributed by atoms with van der Waals surface area (Å²) in [4.78, 5) is 15.7. The quantitative estimate of drug-likeness (QED) is 0.680. The number of carbonyl (C=O) groups is 1. The van der Waals surface area contributed by atoms with Crippen LogP contribution in [0.3, 0.4) is 0 Å². The molecule has 3 heteroatoms. The molecule has 3 nitrogen and oxygen atoms in total. The van der Waals surface area contributed by atoms with Crippen molar-refractivity contribution in [3.63, 3.8) is 0 Å². The highest BCUT2D eigenvalue weighted by Crippen LogP contribution is 2.14. The van der Waals surface area contributed by atoms with Crippen molar-refractivity contribution >= 4 is 5.78 Å². The summed E-state index contributed by atoms with van der Waals surface area (Å²) in [6.45, 7) is 1.77. The molecule has 0 radical (unpaired) electrons. The van der Waals surface area contributed by atoms with E-state index in [4.69, 9.17) is 0 Å². The Labute approximate surface area is 77.2 Å². The van der Waals surface area contributed by atoms with E-state index >= 15 is 0 Å². The Bertz CT molecular complexity index is 291. The second-order valence-corrected chi connectivity index (χ2v) is 3.30. The first-order valence-corrected chi connectivity index (χ1v) is 4.53. The molecule has 0 aromatic carbocycles. The number of nitrogens with one attached hydrogen (secondary N) is 1. The maximum Gasteiger partial charge on any atom is 0.168 e. The maximum atomic E-state index is 11.8. The Hall–Kier alpha value is -1.22. The number of aromatic nitrogens is 1. The van der Waals surface area contributed by atoms with E-state index in [0.717, 1.165) is 25.1 Å². The molecule has 68 valence electrons. The number of carbonyl (C=O) groups excluding carboxylic acids is 1. The van der Waals surface area contributed by atoms with Gasteiger partial charge in [-0.05, 0) is 25.1 Å². The van der Waals surface area contributed by atoms with Crippen LogP contribution < -0.4 is 5.32 Å². The van der Waals surface area contributed by atoms with Gasteiger partial charge >= 0.3 is 0 Å². The normalized spacial score (nSPS) is 21.7. The summed E-state index contributed by atoms with van der Waals surface area (Å²) in [7, 11) is 0. The van der Waals surface area contributed by atoms with Gasteiger partial charge in [-0.15, -0.1) is 0 Å². The highest BCUT2D eigenvalue weighted by Gasteiger charge is 2.23. The zero-order valence-electron chi connectivity index (χ0n) is 7.36. The van der Waals surface area contributed by atoms with Gasteiger partial charge < -0.3 is 5.32 Å². The molecule has 0 saturated carbocycles. The molecule has 1 atom stereocenters. The van der Waals surface area contributed by atoms with Crippen LogP contribution in [0.2, 0.25) is 0 Å². The zero-order valence-corrected chi connectivity index (χ0v) is 7.36. The van der Waals surface area contributed by atoms with Gasteiger partial charge in [-0.25, -0.2) is 0 Å². The summed E-state index contributed by atoms with van der Waals surface area (Å²) in [5.74, 6) is 0.377. The lowest BCUT2D eigenvalue weighted by atomic mass is 9.98. The van der Waals surface area contributed by atoms with E-state index in [1.165, 1.54) is 0 Å². The molecule has 0 aliphatic carbocycles. The van der Waals surface area contributed by atoms with Crippen molar-refractivity contribution in [3.8, 4) is 0 Å². The third-order valence-corrected chi connectivity index (χ3v) is 2.38. The van der Waals surface area contributed by atoms with Crippen LogP contribution in [0.4, 0.5) is 0 Å². The molecular formula is C10H12N2O. The lowest BCUT2D eigenvalue weighted by Crippen LogP contribution is -2.17. The van der Waals surface area contributed by atoms with E-state index in [1.54, 1.807) is 18.5 Å². The van der Waals surface area contributed by atoms with Gasteiger partial charge in [0.1, 0.15) is 0 Å². The van der Waals surface area contributed by atoms with Gasteiger partial charge in [0, 0.05) is 30.4 Å². The first-order valence-electron chi connectivity index (χ1n) is 4.53. The Morgan fingerprint density at radius 2 is 2.54 bits per heavy atom. The summed E-state index contributed by atoms with van der Waals surface area (Å²) < 4.78 is 0. The van der Waals surface area contributed by atoms with Gasteiger partial charge in [0.2, 0.25) is 0 Å². The second kappa shape index (κ2) is 3.66. The summed E-state index contributed by atoms with van der Waals surface area (Å²) in [5, 5.41) is 3.18. The standard InChI is InChI=1S/C10H12N2O/c13-10(9-3-5-12-7-9)8-2-1-4-11-6-8/h1-2,4,6,9,12H,3,5,7H2. The lowest BCUT2D eigenvalue weighted by molar-refractivity contribution is 0.0930. The summed E-state index contributed by atoms with van der Waals surface area (Å²) >= 11 is 0. The van der Waals surface area contributed by atoms with Crippen LogP contribution in [0, 0.1) is 5.92 Å². The number of ketones is 1. The molecule has 1 aromatic rings. The maximum absolute atomic E-state index is 11.8. The SMILES string of the molecule is O=C(c1cccnc1)C1CCNC1. The van der Waals surface area contributed by atoms with Gasteiger partial charge in [-0.2, -0.15) is 0 Å². The first kappa shape index (κ1) is 8.38. The molecule has 13 heavy (non-hydrogen) atoms. The fraction of sp³-hybridized carbons (Fsp3) is 0.400. The van der Waals surface area contributed by atoms with Crippen molar-refractivity contribution in [1.29, 1.82) is 0 Å². The van der Waals surface area contributed by atoms with Crippen molar-refractivity contribution in [2.45, 2.75) is 6.42 Å². The Morgan fingerprint density at radius 1 is 1.62 bits per heavy atom. The molecular weight excluding hydrogens is 164 g/mol. The molecule has 2 rings (SSSR count). The molecule has 1 aliphatic heterocycles. The van der Waals surface area contributed by atoms with Crippen LogP contribution in [-0.2, 0) is 0 Å². The van der Waals surface area contributed by atoms with E-state index in [0.29, 0.717) is 0 Å². The van der Waals surface area contributed by atoms with E-state index < -0.39 is 0 Å². The number of rotatable bonds is 2. The van der Waals surface area contributed by atoms with E-state index in [9.17, 15) is 4.79 Å². The number of hydrogen-bond donors (Lipinski definition) is 1. The van der Waals surface area contributed by atoms with Crippen molar-refractivity contribution in [3.05, 3.63) is 30.1 Å². The number of hydrogen-bond acceptors (Lipinski definition) is 3. The molecule has 0 spiro atoms. The average molecular weight is 176 g/mol. The Kier molecular flexibility index (Phi) is 2.36. The molecule has 2 heterocycles. The molecule has 1 aliphatic rings. The lowest BCUT2D eigenvalue weighted by Gasteiger charge is -2.05. The van der Waals surface area contributed by atoms with Crippen LogP contribution in [0.15, 0.2) is 24.5 Å². The van der Waals surface area contributed by atoms with Gasteiger partial charge in [0.15, 0.2) is 5.78 Å². The number of pyridine rings is 1. The smallest absolute Gasteiger partial charge is 0.168 e. The van der Waals surface area contributed by atoms with Crippen LogP contribution in [0.1, 0.15) is 16.8 Å². The minimum Gasteiger partial charge on any atom is -0.316 e. The number of Topliss-reactive ketones (excluding diaryl/α,β-unsaturated/α-hetero) is 1. The van der Waals surface area contributed by atoms with Gasteiger partial charge in [-0.3, -0.25) is 9.78 Å². The fourth-order valence-electron chi connectivity index (χ4n) is 1.62. The molecule has 0 amide bonds. The van der Waals surface area contributed by atoms with E-state index in [1.807, 2.05) is 6.07 Å². The van der Waals surface area contributed by atoms with Gasteiger partial charge in [-0.1, -0.05) is 0 Å². The highest BCUT2D eigenvalue weighted by atomic mass is 16.1. The average Bonchev–Trinajstić information content (AvgIpc) is 2.71. The molecule has 1 unspecified atom stereocenters. The third-order valence-electron chi connectivity index (χ3n) is 2.38. The minimum atomic E-state index is 0.157. The Morgan fingerprint density at radius 3 is 3.15 bits per heavy atom. The predicted molar refractivity (Wildman–Crippen MR) is 49.5 cm³/mol. The zero-order chi connectivity index (χ0) is 9.10. The van der Waals surface area contributed by atoms with Crippen molar-refractivity contribution in [1.82, 2.24) is 10.3 Å². The van der Waals surface area contributed by atoms with Crippen LogP contribution in [-0.4, -0.2) is 23.9 Å². The molecule has 1 N–H and O–H groups in total. The van der Waals surface area contributed by atoms with Crippen LogP contribution in [0.5, 0.6) is 0 Å². The monoisotopic (exact) mass is 176 g/mol. The molecule has 1 saturated heterocycles. The van der Waals surface area contributed by atoms with Crippen molar-refractivity contribution in [2.24, 2.45) is 5.92 Å². The van der Waals surface area contributed by atoms with E-state index in [2.05, 4.69) is 10.3 Å². The number of nitrogens with zero attached hydrogens (tertiary/aromatic N) is 1. The fourth-order valence-corrected chi connectivity index (χ4v) is 1.62. The van der Waals surface area contributed by atoms with E-state index in [-0.39, 0.29) is 11.7 Å². The largest absolute Gasteiger partial charge is 0.316 e. The molecule has 1 aromatic heterocycles. The van der Waals surface area contributed by atoms with Gasteiger partial charge in [0.25, 0.3) is 0 Å².